The van der Waals surface area contributed by atoms with E-state index in [9.17, 15) is 18.3 Å². The third-order valence-electron chi connectivity index (χ3n) is 4.50. The first-order valence-electron chi connectivity index (χ1n) is 7.40. The molecule has 0 amide bonds. The second-order valence-corrected chi connectivity index (χ2v) is 7.81. The van der Waals surface area contributed by atoms with Crippen molar-refractivity contribution in [3.8, 4) is 0 Å². The molecule has 0 bridgehead atoms. The highest BCUT2D eigenvalue weighted by Gasteiger charge is 2.46. The second kappa shape index (κ2) is 6.60. The van der Waals surface area contributed by atoms with Crippen molar-refractivity contribution in [2.24, 2.45) is 5.41 Å². The summed E-state index contributed by atoms with van der Waals surface area (Å²) in [5.74, 6) is -0.930. The molecule has 21 heavy (non-hydrogen) atoms. The van der Waals surface area contributed by atoms with Gasteiger partial charge in [0.15, 0.2) is 0 Å². The average molecular weight is 320 g/mol. The Morgan fingerprint density at radius 1 is 1.19 bits per heavy atom. The molecule has 0 radical (unpaired) electrons. The highest BCUT2D eigenvalue weighted by molar-refractivity contribution is 7.86. The lowest BCUT2D eigenvalue weighted by Crippen LogP contribution is -2.53. The molecule has 1 N–H and O–H groups in total. The van der Waals surface area contributed by atoms with Crippen LogP contribution in [0.1, 0.15) is 32.1 Å². The van der Waals surface area contributed by atoms with Gasteiger partial charge in [-0.3, -0.25) is 4.79 Å². The summed E-state index contributed by atoms with van der Waals surface area (Å²) in [6.45, 7) is 1.85. The number of rotatable bonds is 6. The molecule has 0 saturated carbocycles. The quantitative estimate of drug-likeness (QED) is 0.771. The number of ether oxygens (including phenoxy) is 1. The van der Waals surface area contributed by atoms with Gasteiger partial charge in [-0.2, -0.15) is 17.0 Å². The Labute approximate surface area is 126 Å². The number of aliphatic carboxylic acids is 1. The van der Waals surface area contributed by atoms with Crippen LogP contribution in [0, 0.1) is 5.41 Å². The molecule has 2 aliphatic rings. The minimum absolute atomic E-state index is 0.0462. The number of carboxylic acids is 1. The molecule has 7 nitrogen and oxygen atoms in total. The van der Waals surface area contributed by atoms with Crippen molar-refractivity contribution >= 4 is 16.2 Å². The number of methoxy groups -OCH3 is 1. The normalized spacial score (nSPS) is 28.8. The Bertz CT molecular complexity index is 475. The van der Waals surface area contributed by atoms with Gasteiger partial charge in [0.1, 0.15) is 0 Å². The van der Waals surface area contributed by atoms with Gasteiger partial charge in [0.05, 0.1) is 5.41 Å². The minimum Gasteiger partial charge on any atom is -0.481 e. The van der Waals surface area contributed by atoms with Gasteiger partial charge in [-0.05, 0) is 32.1 Å². The maximum Gasteiger partial charge on any atom is 0.311 e. The van der Waals surface area contributed by atoms with E-state index in [0.29, 0.717) is 45.5 Å². The molecular weight excluding hydrogens is 296 g/mol. The van der Waals surface area contributed by atoms with Crippen molar-refractivity contribution < 1.29 is 23.1 Å². The van der Waals surface area contributed by atoms with Gasteiger partial charge < -0.3 is 9.84 Å². The van der Waals surface area contributed by atoms with Gasteiger partial charge in [0, 0.05) is 39.9 Å². The highest BCUT2D eigenvalue weighted by atomic mass is 32.2. The molecule has 0 aromatic heterocycles. The molecule has 0 aromatic rings. The first kappa shape index (κ1) is 16.7. The fraction of sp³-hybridized carbons (Fsp3) is 0.923. The van der Waals surface area contributed by atoms with Crippen molar-refractivity contribution in [1.82, 2.24) is 8.61 Å². The van der Waals surface area contributed by atoms with E-state index in [1.54, 1.807) is 0 Å². The average Bonchev–Trinajstić information content (AvgIpc) is 3.00. The van der Waals surface area contributed by atoms with Gasteiger partial charge in [0.25, 0.3) is 10.2 Å². The minimum atomic E-state index is -3.53. The fourth-order valence-electron chi connectivity index (χ4n) is 3.15. The summed E-state index contributed by atoms with van der Waals surface area (Å²) in [5.41, 5.74) is -1.03. The van der Waals surface area contributed by atoms with Gasteiger partial charge in [-0.25, -0.2) is 0 Å². The van der Waals surface area contributed by atoms with E-state index >= 15 is 0 Å². The molecule has 2 heterocycles. The standard InChI is InChI=1S/C13H24N2O5S/c1-20-10-6-13(12(16)17)5-4-9-15(11-13)21(18,19)14-7-2-3-8-14/h2-11H2,1H3,(H,16,17)/t13-/m0/s1. The molecule has 122 valence electrons. The first-order valence-corrected chi connectivity index (χ1v) is 8.80. The number of hydrogen-bond donors (Lipinski definition) is 1. The summed E-state index contributed by atoms with van der Waals surface area (Å²) >= 11 is 0. The Morgan fingerprint density at radius 2 is 1.81 bits per heavy atom. The van der Waals surface area contributed by atoms with Crippen LogP contribution in [-0.2, 0) is 19.7 Å². The lowest BCUT2D eigenvalue weighted by atomic mass is 9.78. The Kier molecular flexibility index (Phi) is 5.24. The molecule has 0 aromatic carbocycles. The van der Waals surface area contributed by atoms with Crippen LogP contribution in [0.2, 0.25) is 0 Å². The Morgan fingerprint density at radius 3 is 2.38 bits per heavy atom. The Hall–Kier alpha value is -0.700. The number of carbonyl (C=O) groups is 1. The largest absolute Gasteiger partial charge is 0.481 e. The van der Waals surface area contributed by atoms with E-state index in [0.717, 1.165) is 12.8 Å². The fourth-order valence-corrected chi connectivity index (χ4v) is 4.97. The van der Waals surface area contributed by atoms with E-state index in [1.165, 1.54) is 15.7 Å². The van der Waals surface area contributed by atoms with E-state index in [2.05, 4.69) is 0 Å². The second-order valence-electron chi connectivity index (χ2n) is 5.88. The van der Waals surface area contributed by atoms with Gasteiger partial charge >= 0.3 is 5.97 Å². The summed E-state index contributed by atoms with van der Waals surface area (Å²) in [6, 6.07) is 0. The zero-order valence-electron chi connectivity index (χ0n) is 12.5. The predicted octanol–water partition coefficient (Wildman–Crippen LogP) is 0.530. The number of piperidine rings is 1. The van der Waals surface area contributed by atoms with Crippen LogP contribution < -0.4 is 0 Å². The van der Waals surface area contributed by atoms with Crippen molar-refractivity contribution in [2.45, 2.75) is 32.1 Å². The smallest absolute Gasteiger partial charge is 0.311 e. The first-order chi connectivity index (χ1) is 9.92. The van der Waals surface area contributed by atoms with E-state index in [4.69, 9.17) is 4.74 Å². The van der Waals surface area contributed by atoms with Crippen molar-refractivity contribution in [2.75, 3.05) is 39.9 Å². The van der Waals surface area contributed by atoms with Crippen LogP contribution in [0.3, 0.4) is 0 Å². The maximum absolute atomic E-state index is 12.6. The van der Waals surface area contributed by atoms with Gasteiger partial charge in [-0.1, -0.05) is 0 Å². The van der Waals surface area contributed by atoms with Crippen LogP contribution in [0.5, 0.6) is 0 Å². The van der Waals surface area contributed by atoms with E-state index in [-0.39, 0.29) is 6.54 Å². The van der Waals surface area contributed by atoms with Gasteiger partial charge in [0.2, 0.25) is 0 Å². The van der Waals surface area contributed by atoms with Crippen molar-refractivity contribution in [1.29, 1.82) is 0 Å². The molecule has 0 unspecified atom stereocenters. The zero-order valence-corrected chi connectivity index (χ0v) is 13.3. The Balaban J connectivity index is 2.16. The van der Waals surface area contributed by atoms with E-state index < -0.39 is 21.6 Å². The summed E-state index contributed by atoms with van der Waals surface area (Å²) in [5, 5.41) is 9.57. The predicted molar refractivity (Wildman–Crippen MR) is 77.1 cm³/mol. The van der Waals surface area contributed by atoms with Crippen LogP contribution in [-0.4, -0.2) is 68.0 Å². The zero-order chi connectivity index (χ0) is 15.5. The molecular formula is C13H24N2O5S. The molecule has 0 spiro atoms. The van der Waals surface area contributed by atoms with Crippen LogP contribution >= 0.6 is 0 Å². The third-order valence-corrected chi connectivity index (χ3v) is 6.48. The van der Waals surface area contributed by atoms with E-state index in [1.807, 2.05) is 0 Å². The van der Waals surface area contributed by atoms with Gasteiger partial charge in [-0.15, -0.1) is 0 Å². The molecule has 2 saturated heterocycles. The van der Waals surface area contributed by atoms with Crippen molar-refractivity contribution in [3.05, 3.63) is 0 Å². The summed E-state index contributed by atoms with van der Waals surface area (Å²) < 4.78 is 33.0. The summed E-state index contributed by atoms with van der Waals surface area (Å²) in [7, 11) is -2.00. The summed E-state index contributed by atoms with van der Waals surface area (Å²) in [6.07, 6.45) is 3.16. The number of carboxylic acid groups (broad SMARTS) is 1. The van der Waals surface area contributed by atoms with Crippen LogP contribution in [0.15, 0.2) is 0 Å². The molecule has 0 aliphatic carbocycles. The molecule has 2 rings (SSSR count). The highest BCUT2D eigenvalue weighted by Crippen LogP contribution is 2.36. The topological polar surface area (TPSA) is 87.1 Å². The number of nitrogens with zero attached hydrogens (tertiary/aromatic N) is 2. The molecule has 2 fully saturated rings. The summed E-state index contributed by atoms with van der Waals surface area (Å²) in [4.78, 5) is 11.7. The monoisotopic (exact) mass is 320 g/mol. The van der Waals surface area contributed by atoms with Crippen LogP contribution in [0.4, 0.5) is 0 Å². The lowest BCUT2D eigenvalue weighted by molar-refractivity contribution is -0.152. The lowest BCUT2D eigenvalue weighted by Gasteiger charge is -2.40. The SMILES string of the molecule is COCC[C@@]1(C(=O)O)CCCN(S(=O)(=O)N2CCCC2)C1. The third kappa shape index (κ3) is 3.39. The van der Waals surface area contributed by atoms with Crippen molar-refractivity contribution in [3.63, 3.8) is 0 Å². The molecule has 8 heteroatoms. The van der Waals surface area contributed by atoms with Crippen LogP contribution in [0.25, 0.3) is 0 Å². The maximum atomic E-state index is 12.6. The molecule has 2 aliphatic heterocycles. The molecule has 1 atom stereocenters. The number of hydrogen-bond acceptors (Lipinski definition) is 4.